The number of carbonyl (C=O) groups is 2. The molecular formula is C9H11N3O2. The Morgan fingerprint density at radius 1 is 1.21 bits per heavy atom. The minimum absolute atomic E-state index is 0.0719. The number of primary amides is 1. The van der Waals surface area contributed by atoms with Gasteiger partial charge >= 0.3 is 0 Å². The van der Waals surface area contributed by atoms with Crippen LogP contribution in [-0.4, -0.2) is 18.4 Å². The van der Waals surface area contributed by atoms with Gasteiger partial charge in [-0.25, -0.2) is 0 Å². The number of carbonyl (C=O) groups excluding carboxylic acids is 2. The molecule has 0 bridgehead atoms. The van der Waals surface area contributed by atoms with Gasteiger partial charge in [0.15, 0.2) is 0 Å². The van der Waals surface area contributed by atoms with Gasteiger partial charge in [0.25, 0.3) is 0 Å². The maximum absolute atomic E-state index is 10.9. The molecule has 2 amide bonds. The molecule has 1 aromatic rings. The monoisotopic (exact) mass is 193 g/mol. The van der Waals surface area contributed by atoms with E-state index < -0.39 is 5.91 Å². The minimum atomic E-state index is -0.498. The Hall–Kier alpha value is -1.88. The highest BCUT2D eigenvalue weighted by molar-refractivity contribution is 5.95. The molecule has 1 aromatic carbocycles. The summed E-state index contributed by atoms with van der Waals surface area (Å²) in [6, 6.07) is 6.25. The van der Waals surface area contributed by atoms with Gasteiger partial charge in [0.05, 0.1) is 6.54 Å². The topological polar surface area (TPSA) is 98.2 Å². The van der Waals surface area contributed by atoms with Gasteiger partial charge in [0.1, 0.15) is 0 Å². The number of nitrogens with two attached hydrogens (primary N) is 2. The molecule has 5 N–H and O–H groups in total. The fraction of sp³-hybridized carbons (Fsp3) is 0.111. The number of hydrogen-bond donors (Lipinski definition) is 3. The minimum Gasteiger partial charge on any atom is -0.366 e. The van der Waals surface area contributed by atoms with Crippen molar-refractivity contribution in [2.24, 2.45) is 11.5 Å². The van der Waals surface area contributed by atoms with Crippen LogP contribution >= 0.6 is 0 Å². The van der Waals surface area contributed by atoms with E-state index in [0.717, 1.165) is 0 Å². The highest BCUT2D eigenvalue weighted by atomic mass is 16.2. The van der Waals surface area contributed by atoms with E-state index in [1.54, 1.807) is 12.1 Å². The van der Waals surface area contributed by atoms with Gasteiger partial charge in [0, 0.05) is 11.3 Å². The standard InChI is InChI=1S/C9H11N3O2/c10-5-8(13)12-7-3-1-6(2-4-7)9(11)14/h1-4H,5,10H2,(H2,11,14)(H,12,13). The molecular weight excluding hydrogens is 182 g/mol. The lowest BCUT2D eigenvalue weighted by atomic mass is 10.2. The predicted molar refractivity (Wildman–Crippen MR) is 52.6 cm³/mol. The molecule has 0 aliphatic rings. The van der Waals surface area contributed by atoms with E-state index in [-0.39, 0.29) is 12.5 Å². The molecule has 5 heteroatoms. The third-order valence-electron chi connectivity index (χ3n) is 1.64. The summed E-state index contributed by atoms with van der Waals surface area (Å²) in [4.78, 5) is 21.6. The molecule has 0 unspecified atom stereocenters. The van der Waals surface area contributed by atoms with Crippen LogP contribution in [0.2, 0.25) is 0 Å². The van der Waals surface area contributed by atoms with Gasteiger partial charge < -0.3 is 16.8 Å². The molecule has 5 nitrogen and oxygen atoms in total. The largest absolute Gasteiger partial charge is 0.366 e. The number of anilines is 1. The highest BCUT2D eigenvalue weighted by Crippen LogP contribution is 2.08. The number of nitrogens with one attached hydrogen (secondary N) is 1. The van der Waals surface area contributed by atoms with E-state index in [4.69, 9.17) is 11.5 Å². The summed E-state index contributed by atoms with van der Waals surface area (Å²) in [7, 11) is 0. The summed E-state index contributed by atoms with van der Waals surface area (Å²) < 4.78 is 0. The van der Waals surface area contributed by atoms with Gasteiger partial charge in [0.2, 0.25) is 11.8 Å². The molecule has 0 atom stereocenters. The molecule has 0 heterocycles. The summed E-state index contributed by atoms with van der Waals surface area (Å²) in [5.74, 6) is -0.779. The second kappa shape index (κ2) is 4.38. The van der Waals surface area contributed by atoms with Crippen LogP contribution in [0.1, 0.15) is 10.4 Å². The third kappa shape index (κ3) is 2.56. The molecule has 74 valence electrons. The fourth-order valence-electron chi connectivity index (χ4n) is 0.930. The Labute approximate surface area is 81.1 Å². The first kappa shape index (κ1) is 10.2. The summed E-state index contributed by atoms with van der Waals surface area (Å²) in [5.41, 5.74) is 11.1. The quantitative estimate of drug-likeness (QED) is 0.613. The van der Waals surface area contributed by atoms with E-state index in [1.807, 2.05) is 0 Å². The zero-order chi connectivity index (χ0) is 10.6. The first-order valence-corrected chi connectivity index (χ1v) is 4.03. The van der Waals surface area contributed by atoms with Gasteiger partial charge in [-0.2, -0.15) is 0 Å². The lowest BCUT2D eigenvalue weighted by Gasteiger charge is -2.03. The molecule has 1 rings (SSSR count). The second-order valence-electron chi connectivity index (χ2n) is 2.69. The summed E-state index contributed by atoms with van der Waals surface area (Å²) in [5, 5.41) is 2.54. The third-order valence-corrected chi connectivity index (χ3v) is 1.64. The van der Waals surface area contributed by atoms with Gasteiger partial charge in [-0.1, -0.05) is 0 Å². The van der Waals surface area contributed by atoms with Gasteiger partial charge in [-0.15, -0.1) is 0 Å². The van der Waals surface area contributed by atoms with Gasteiger partial charge in [-0.05, 0) is 24.3 Å². The van der Waals surface area contributed by atoms with Crippen LogP contribution < -0.4 is 16.8 Å². The number of hydrogen-bond acceptors (Lipinski definition) is 3. The van der Waals surface area contributed by atoms with Crippen molar-refractivity contribution in [3.05, 3.63) is 29.8 Å². The highest BCUT2D eigenvalue weighted by Gasteiger charge is 2.01. The van der Waals surface area contributed by atoms with Crippen LogP contribution in [0.4, 0.5) is 5.69 Å². The van der Waals surface area contributed by atoms with Gasteiger partial charge in [-0.3, -0.25) is 9.59 Å². The molecule has 0 spiro atoms. The predicted octanol–water partition coefficient (Wildman–Crippen LogP) is -0.317. The van der Waals surface area contributed by atoms with E-state index >= 15 is 0 Å². The molecule has 0 aromatic heterocycles. The van der Waals surface area contributed by atoms with Crippen LogP contribution in [0.5, 0.6) is 0 Å². The zero-order valence-electron chi connectivity index (χ0n) is 7.49. The molecule has 0 saturated carbocycles. The fourth-order valence-corrected chi connectivity index (χ4v) is 0.930. The maximum atomic E-state index is 10.9. The Kier molecular flexibility index (Phi) is 3.19. The number of amides is 2. The molecule has 14 heavy (non-hydrogen) atoms. The van der Waals surface area contributed by atoms with Crippen LogP contribution in [-0.2, 0) is 4.79 Å². The van der Waals surface area contributed by atoms with Crippen LogP contribution in [0.15, 0.2) is 24.3 Å². The number of benzene rings is 1. The zero-order valence-corrected chi connectivity index (χ0v) is 7.49. The second-order valence-corrected chi connectivity index (χ2v) is 2.69. The lowest BCUT2D eigenvalue weighted by Crippen LogP contribution is -2.21. The summed E-state index contributed by atoms with van der Waals surface area (Å²) >= 11 is 0. The number of rotatable bonds is 3. The van der Waals surface area contributed by atoms with Crippen molar-refractivity contribution in [2.45, 2.75) is 0 Å². The van der Waals surface area contributed by atoms with E-state index in [0.29, 0.717) is 11.3 Å². The SMILES string of the molecule is NCC(=O)Nc1ccc(C(N)=O)cc1. The van der Waals surface area contributed by atoms with E-state index in [9.17, 15) is 9.59 Å². The first-order valence-electron chi connectivity index (χ1n) is 4.03. The summed E-state index contributed by atoms with van der Waals surface area (Å²) in [6.45, 7) is -0.0719. The van der Waals surface area contributed by atoms with Crippen molar-refractivity contribution in [1.82, 2.24) is 0 Å². The molecule has 0 aliphatic carbocycles. The molecule has 0 saturated heterocycles. The lowest BCUT2D eigenvalue weighted by molar-refractivity contribution is -0.114. The van der Waals surface area contributed by atoms with Crippen LogP contribution in [0.3, 0.4) is 0 Å². The smallest absolute Gasteiger partial charge is 0.248 e. The average molecular weight is 193 g/mol. The summed E-state index contributed by atoms with van der Waals surface area (Å²) in [6.07, 6.45) is 0. The van der Waals surface area contributed by atoms with Crippen LogP contribution in [0, 0.1) is 0 Å². The van der Waals surface area contributed by atoms with Crippen molar-refractivity contribution >= 4 is 17.5 Å². The molecule has 0 fully saturated rings. The van der Waals surface area contributed by atoms with Crippen LogP contribution in [0.25, 0.3) is 0 Å². The average Bonchev–Trinajstić information content (AvgIpc) is 2.18. The van der Waals surface area contributed by atoms with E-state index in [2.05, 4.69) is 5.32 Å². The van der Waals surface area contributed by atoms with Crippen molar-refractivity contribution in [1.29, 1.82) is 0 Å². The maximum Gasteiger partial charge on any atom is 0.248 e. The molecule has 0 aliphatic heterocycles. The Morgan fingerprint density at radius 3 is 2.21 bits per heavy atom. The van der Waals surface area contributed by atoms with Crippen molar-refractivity contribution in [3.8, 4) is 0 Å². The Morgan fingerprint density at radius 2 is 1.79 bits per heavy atom. The normalized spacial score (nSPS) is 9.50. The van der Waals surface area contributed by atoms with E-state index in [1.165, 1.54) is 12.1 Å². The van der Waals surface area contributed by atoms with Crippen molar-refractivity contribution < 1.29 is 9.59 Å². The van der Waals surface area contributed by atoms with Crippen molar-refractivity contribution in [2.75, 3.05) is 11.9 Å². The van der Waals surface area contributed by atoms with Crippen molar-refractivity contribution in [3.63, 3.8) is 0 Å². The first-order chi connectivity index (χ1) is 6.63. The Balaban J connectivity index is 2.73. The molecule has 0 radical (unpaired) electrons. The Bertz CT molecular complexity index is 346.